The van der Waals surface area contributed by atoms with Crippen LogP contribution in [0.1, 0.15) is 16.8 Å². The van der Waals surface area contributed by atoms with E-state index in [-0.39, 0.29) is 23.2 Å². The van der Waals surface area contributed by atoms with Gasteiger partial charge in [-0.2, -0.15) is 0 Å². The fourth-order valence-electron chi connectivity index (χ4n) is 2.16. The van der Waals surface area contributed by atoms with E-state index in [0.717, 1.165) is 6.42 Å². The number of hydrogen-bond acceptors (Lipinski definition) is 4. The Morgan fingerprint density at radius 3 is 2.83 bits per heavy atom. The van der Waals surface area contributed by atoms with E-state index >= 15 is 0 Å². The molecule has 1 fully saturated rings. The van der Waals surface area contributed by atoms with E-state index in [1.807, 2.05) is 7.05 Å². The molecule has 6 heteroatoms. The molecule has 0 saturated carbocycles. The lowest BCUT2D eigenvalue weighted by molar-refractivity contribution is -0.385. The molecular weight excluding hydrogens is 234 g/mol. The van der Waals surface area contributed by atoms with Crippen molar-refractivity contribution in [3.8, 4) is 0 Å². The highest BCUT2D eigenvalue weighted by molar-refractivity contribution is 5.98. The van der Waals surface area contributed by atoms with Gasteiger partial charge in [-0.3, -0.25) is 14.9 Å². The molecule has 0 aromatic heterocycles. The molecule has 1 heterocycles. The Morgan fingerprint density at radius 2 is 2.22 bits per heavy atom. The third kappa shape index (κ3) is 2.33. The summed E-state index contributed by atoms with van der Waals surface area (Å²) in [5, 5.41) is 14.0. The Kier molecular flexibility index (Phi) is 3.57. The number of carbonyl (C=O) groups excluding carboxylic acids is 1. The minimum atomic E-state index is -0.515. The Hall–Kier alpha value is -1.95. The van der Waals surface area contributed by atoms with Crippen LogP contribution in [-0.2, 0) is 0 Å². The summed E-state index contributed by atoms with van der Waals surface area (Å²) in [7, 11) is 1.85. The fourth-order valence-corrected chi connectivity index (χ4v) is 2.16. The van der Waals surface area contributed by atoms with Gasteiger partial charge in [0, 0.05) is 25.2 Å². The minimum Gasteiger partial charge on any atom is -0.337 e. The lowest BCUT2D eigenvalue weighted by Crippen LogP contribution is -2.33. The Morgan fingerprint density at radius 1 is 1.50 bits per heavy atom. The Bertz CT molecular complexity index is 475. The number of nitro benzene ring substituents is 1. The van der Waals surface area contributed by atoms with E-state index in [4.69, 9.17) is 0 Å². The molecule has 0 aliphatic carbocycles. The van der Waals surface area contributed by atoms with Crippen LogP contribution >= 0.6 is 0 Å². The molecule has 1 aromatic carbocycles. The van der Waals surface area contributed by atoms with Crippen molar-refractivity contribution < 1.29 is 9.72 Å². The van der Waals surface area contributed by atoms with Gasteiger partial charge in [-0.05, 0) is 19.5 Å². The molecule has 6 nitrogen and oxygen atoms in total. The number of para-hydroxylation sites is 1. The predicted octanol–water partition coefficient (Wildman–Crippen LogP) is 1.03. The molecule has 96 valence electrons. The van der Waals surface area contributed by atoms with Gasteiger partial charge in [0.05, 0.1) is 4.92 Å². The molecule has 1 atom stereocenters. The summed E-state index contributed by atoms with van der Waals surface area (Å²) in [6.07, 6.45) is 0.878. The van der Waals surface area contributed by atoms with Gasteiger partial charge in [-0.15, -0.1) is 0 Å². The van der Waals surface area contributed by atoms with Crippen molar-refractivity contribution in [2.45, 2.75) is 12.5 Å². The highest BCUT2D eigenvalue weighted by atomic mass is 16.6. The Labute approximate surface area is 105 Å². The SMILES string of the molecule is CNC1CCN(C(=O)c2ccccc2[N+](=O)[O-])C1. The van der Waals surface area contributed by atoms with Gasteiger partial charge < -0.3 is 10.2 Å². The molecule has 1 N–H and O–H groups in total. The van der Waals surface area contributed by atoms with Gasteiger partial charge in [0.1, 0.15) is 5.56 Å². The summed E-state index contributed by atoms with van der Waals surface area (Å²) in [5.41, 5.74) is 0.0367. The zero-order valence-electron chi connectivity index (χ0n) is 10.1. The number of carbonyl (C=O) groups is 1. The summed E-state index contributed by atoms with van der Waals surface area (Å²) < 4.78 is 0. The average Bonchev–Trinajstić information content (AvgIpc) is 2.86. The summed E-state index contributed by atoms with van der Waals surface area (Å²) in [5.74, 6) is -0.264. The molecule has 18 heavy (non-hydrogen) atoms. The van der Waals surface area contributed by atoms with Crippen LogP contribution in [0.15, 0.2) is 24.3 Å². The minimum absolute atomic E-state index is 0.129. The monoisotopic (exact) mass is 249 g/mol. The molecule has 0 radical (unpaired) electrons. The summed E-state index contributed by atoms with van der Waals surface area (Å²) >= 11 is 0. The molecule has 1 unspecified atom stereocenters. The van der Waals surface area contributed by atoms with Gasteiger partial charge in [-0.25, -0.2) is 0 Å². The second-order valence-electron chi connectivity index (χ2n) is 4.30. The first-order valence-electron chi connectivity index (χ1n) is 5.83. The van der Waals surface area contributed by atoms with E-state index in [9.17, 15) is 14.9 Å². The van der Waals surface area contributed by atoms with Gasteiger partial charge in [0.25, 0.3) is 11.6 Å². The van der Waals surface area contributed by atoms with Crippen molar-refractivity contribution in [2.24, 2.45) is 0 Å². The summed E-state index contributed by atoms with van der Waals surface area (Å²) in [4.78, 5) is 24.3. The van der Waals surface area contributed by atoms with E-state index in [0.29, 0.717) is 13.1 Å². The molecule has 1 aliphatic heterocycles. The highest BCUT2D eigenvalue weighted by Gasteiger charge is 2.29. The third-order valence-electron chi connectivity index (χ3n) is 3.21. The maximum atomic E-state index is 12.2. The molecule has 1 saturated heterocycles. The molecule has 1 aliphatic rings. The number of amides is 1. The van der Waals surface area contributed by atoms with E-state index in [1.165, 1.54) is 12.1 Å². The van der Waals surface area contributed by atoms with Crippen molar-refractivity contribution in [2.75, 3.05) is 20.1 Å². The van der Waals surface area contributed by atoms with Crippen LogP contribution in [-0.4, -0.2) is 41.9 Å². The first kappa shape index (κ1) is 12.5. The predicted molar refractivity (Wildman–Crippen MR) is 66.5 cm³/mol. The molecular formula is C12H15N3O3. The number of nitro groups is 1. The fraction of sp³-hybridized carbons (Fsp3) is 0.417. The van der Waals surface area contributed by atoms with Crippen LogP contribution in [0.25, 0.3) is 0 Å². The number of rotatable bonds is 3. The largest absolute Gasteiger partial charge is 0.337 e. The lowest BCUT2D eigenvalue weighted by atomic mass is 10.1. The van der Waals surface area contributed by atoms with Crippen molar-refractivity contribution >= 4 is 11.6 Å². The molecule has 2 rings (SSSR count). The van der Waals surface area contributed by atoms with Gasteiger partial charge in [0.15, 0.2) is 0 Å². The van der Waals surface area contributed by atoms with E-state index in [2.05, 4.69) is 5.32 Å². The number of hydrogen-bond donors (Lipinski definition) is 1. The molecule has 0 spiro atoms. The van der Waals surface area contributed by atoms with Crippen LogP contribution in [0.4, 0.5) is 5.69 Å². The molecule has 1 aromatic rings. The van der Waals surface area contributed by atoms with Crippen molar-refractivity contribution in [3.63, 3.8) is 0 Å². The maximum Gasteiger partial charge on any atom is 0.282 e. The van der Waals surface area contributed by atoms with E-state index < -0.39 is 4.92 Å². The standard InChI is InChI=1S/C12H15N3O3/c1-13-9-6-7-14(8-9)12(16)10-4-2-3-5-11(10)15(17)18/h2-5,9,13H,6-8H2,1H3. The van der Waals surface area contributed by atoms with Crippen LogP contribution in [0.3, 0.4) is 0 Å². The molecule has 1 amide bonds. The first-order chi connectivity index (χ1) is 8.63. The van der Waals surface area contributed by atoms with Crippen LogP contribution < -0.4 is 5.32 Å². The summed E-state index contributed by atoms with van der Waals surface area (Å²) in [6.45, 7) is 1.23. The third-order valence-corrected chi connectivity index (χ3v) is 3.21. The zero-order chi connectivity index (χ0) is 13.1. The maximum absolute atomic E-state index is 12.2. The van der Waals surface area contributed by atoms with E-state index in [1.54, 1.807) is 17.0 Å². The van der Waals surface area contributed by atoms with Gasteiger partial charge in [-0.1, -0.05) is 12.1 Å². The topological polar surface area (TPSA) is 75.5 Å². The number of benzene rings is 1. The van der Waals surface area contributed by atoms with Crippen molar-refractivity contribution in [3.05, 3.63) is 39.9 Å². The van der Waals surface area contributed by atoms with Gasteiger partial charge in [0.2, 0.25) is 0 Å². The van der Waals surface area contributed by atoms with Gasteiger partial charge >= 0.3 is 0 Å². The van der Waals surface area contributed by atoms with Crippen molar-refractivity contribution in [1.29, 1.82) is 0 Å². The normalized spacial score (nSPS) is 18.9. The highest BCUT2D eigenvalue weighted by Crippen LogP contribution is 2.21. The number of nitrogens with zero attached hydrogens (tertiary/aromatic N) is 2. The average molecular weight is 249 g/mol. The summed E-state index contributed by atoms with van der Waals surface area (Å²) in [6, 6.07) is 6.35. The number of likely N-dealkylation sites (tertiary alicyclic amines) is 1. The van der Waals surface area contributed by atoms with Crippen LogP contribution in [0.2, 0.25) is 0 Å². The second-order valence-corrected chi connectivity index (χ2v) is 4.30. The zero-order valence-corrected chi connectivity index (χ0v) is 10.1. The van der Waals surface area contributed by atoms with Crippen LogP contribution in [0.5, 0.6) is 0 Å². The lowest BCUT2D eigenvalue weighted by Gasteiger charge is -2.16. The molecule has 0 bridgehead atoms. The smallest absolute Gasteiger partial charge is 0.282 e. The first-order valence-corrected chi connectivity index (χ1v) is 5.83. The van der Waals surface area contributed by atoms with Crippen molar-refractivity contribution in [1.82, 2.24) is 10.2 Å². The van der Waals surface area contributed by atoms with Crippen LogP contribution in [0, 0.1) is 10.1 Å². The second kappa shape index (κ2) is 5.14. The number of likely N-dealkylation sites (N-methyl/N-ethyl adjacent to an activating group) is 1. The Balaban J connectivity index is 2.22. The number of nitrogens with one attached hydrogen (secondary N) is 1. The quantitative estimate of drug-likeness (QED) is 0.641.